The minimum Gasteiger partial charge on any atom is -0.271 e. The second-order valence-corrected chi connectivity index (χ2v) is 6.60. The van der Waals surface area contributed by atoms with E-state index in [2.05, 4.69) is 12.0 Å². The Kier molecular flexibility index (Phi) is 9.97. The fraction of sp³-hybridized carbons (Fsp3) is 1.00. The summed E-state index contributed by atoms with van der Waals surface area (Å²) in [6, 6.07) is 0. The van der Waals surface area contributed by atoms with E-state index in [1.54, 1.807) is 0 Å². The minimum absolute atomic E-state index is 0.645. The lowest BCUT2D eigenvalue weighted by atomic mass is 10.2. The third-order valence-corrected chi connectivity index (χ3v) is 3.84. The molecule has 0 rings (SSSR count). The third-order valence-electron chi connectivity index (χ3n) is 1.97. The molecule has 0 aromatic carbocycles. The smallest absolute Gasteiger partial charge is 0.271 e. The van der Waals surface area contributed by atoms with Crippen LogP contribution in [0.1, 0.15) is 39.0 Å². The molecule has 5 N–H and O–H groups in total. The maximum Gasteiger partial charge on any atom is 0.273 e. The number of nitrogens with one attached hydrogen (secondary N) is 1. The first-order chi connectivity index (χ1) is 7.06. The molecule has 0 aromatic rings. The van der Waals surface area contributed by atoms with Crippen molar-refractivity contribution in [3.8, 4) is 0 Å². The number of thioether (sulfide) groups is 1. The van der Waals surface area contributed by atoms with Gasteiger partial charge in [0.2, 0.25) is 0 Å². The summed E-state index contributed by atoms with van der Waals surface area (Å²) in [7, 11) is -3.00. The summed E-state index contributed by atoms with van der Waals surface area (Å²) < 4.78 is 10.9. The van der Waals surface area contributed by atoms with Crippen LogP contribution in [0.25, 0.3) is 0 Å². The van der Waals surface area contributed by atoms with E-state index in [0.717, 1.165) is 12.2 Å². The molecule has 0 aliphatic rings. The van der Waals surface area contributed by atoms with Crippen molar-refractivity contribution in [2.45, 2.75) is 39.0 Å². The number of nitrogens with two attached hydrogens (primary N) is 2. The largest absolute Gasteiger partial charge is 0.273 e. The van der Waals surface area contributed by atoms with Gasteiger partial charge in [-0.1, -0.05) is 26.2 Å². The van der Waals surface area contributed by atoms with E-state index in [-0.39, 0.29) is 0 Å². The summed E-state index contributed by atoms with van der Waals surface area (Å²) in [5.41, 5.74) is 10.3. The zero-order valence-corrected chi connectivity index (χ0v) is 11.3. The molecular weight excluding hydrogens is 229 g/mol. The molecule has 0 saturated heterocycles. The van der Waals surface area contributed by atoms with Crippen molar-refractivity contribution in [1.82, 2.24) is 5.09 Å². The molecule has 15 heavy (non-hydrogen) atoms. The quantitative estimate of drug-likeness (QED) is 0.411. The van der Waals surface area contributed by atoms with Crippen LogP contribution in [0, 0.1) is 0 Å². The summed E-state index contributed by atoms with van der Waals surface area (Å²) in [5, 5.41) is 2.63. The Hall–Kier alpha value is 0.460. The number of hydrogen-bond acceptors (Lipinski definition) is 2. The molecule has 0 atom stereocenters. The maximum absolute atomic E-state index is 10.9. The Morgan fingerprint density at radius 2 is 1.80 bits per heavy atom. The Morgan fingerprint density at radius 3 is 2.40 bits per heavy atom. The first-order valence-corrected chi connectivity index (χ1v) is 8.56. The van der Waals surface area contributed by atoms with E-state index in [1.165, 1.54) is 31.4 Å². The van der Waals surface area contributed by atoms with Gasteiger partial charge in [0, 0.05) is 6.54 Å². The first kappa shape index (κ1) is 15.5. The van der Waals surface area contributed by atoms with Crippen molar-refractivity contribution < 1.29 is 4.57 Å². The van der Waals surface area contributed by atoms with Crippen LogP contribution in [0.2, 0.25) is 0 Å². The SMILES string of the molecule is CCCCCCSCCCNP(N)(N)=O. The predicted molar refractivity (Wildman–Crippen MR) is 70.1 cm³/mol. The van der Waals surface area contributed by atoms with Crippen LogP contribution in [-0.2, 0) is 4.57 Å². The highest BCUT2D eigenvalue weighted by molar-refractivity contribution is 7.99. The van der Waals surface area contributed by atoms with Crippen LogP contribution in [-0.4, -0.2) is 18.1 Å². The van der Waals surface area contributed by atoms with Crippen LogP contribution in [0.4, 0.5) is 0 Å². The second-order valence-electron chi connectivity index (χ2n) is 3.64. The molecule has 0 aliphatic carbocycles. The Morgan fingerprint density at radius 1 is 1.13 bits per heavy atom. The summed E-state index contributed by atoms with van der Waals surface area (Å²) >= 11 is 1.94. The molecule has 0 spiro atoms. The summed E-state index contributed by atoms with van der Waals surface area (Å²) in [4.78, 5) is 0. The average molecular weight is 253 g/mol. The van der Waals surface area contributed by atoms with Gasteiger partial charge >= 0.3 is 0 Å². The Balaban J connectivity index is 3.02. The van der Waals surface area contributed by atoms with E-state index in [1.807, 2.05) is 11.8 Å². The Bertz CT molecular complexity index is 186. The van der Waals surface area contributed by atoms with E-state index < -0.39 is 7.59 Å². The van der Waals surface area contributed by atoms with Crippen molar-refractivity contribution in [2.75, 3.05) is 18.1 Å². The highest BCUT2D eigenvalue weighted by atomic mass is 32.2. The highest BCUT2D eigenvalue weighted by Crippen LogP contribution is 2.17. The zero-order chi connectivity index (χ0) is 11.6. The molecule has 0 saturated carbocycles. The van der Waals surface area contributed by atoms with Crippen molar-refractivity contribution in [2.24, 2.45) is 11.0 Å². The second kappa shape index (κ2) is 9.67. The van der Waals surface area contributed by atoms with Gasteiger partial charge in [-0.2, -0.15) is 11.8 Å². The lowest BCUT2D eigenvalue weighted by molar-refractivity contribution is 0.566. The van der Waals surface area contributed by atoms with Crippen molar-refractivity contribution in [1.29, 1.82) is 0 Å². The molecule has 0 unspecified atom stereocenters. The molecule has 0 fully saturated rings. The number of unbranched alkanes of at least 4 members (excludes halogenated alkanes) is 3. The van der Waals surface area contributed by atoms with Gasteiger partial charge in [-0.05, 0) is 24.3 Å². The highest BCUT2D eigenvalue weighted by Gasteiger charge is 2.04. The van der Waals surface area contributed by atoms with E-state index >= 15 is 0 Å². The molecule has 0 heterocycles. The van der Waals surface area contributed by atoms with E-state index in [4.69, 9.17) is 11.0 Å². The maximum atomic E-state index is 10.9. The minimum atomic E-state index is -3.00. The standard InChI is InChI=1S/C9H24N3OPS/c1-2-3-4-5-8-15-9-6-7-12-14(10,11)13/h2-9H2,1H3,(H5,10,11,12,13). The van der Waals surface area contributed by atoms with Gasteiger partial charge in [0.05, 0.1) is 0 Å². The van der Waals surface area contributed by atoms with Gasteiger partial charge in [-0.3, -0.25) is 15.6 Å². The van der Waals surface area contributed by atoms with Gasteiger partial charge in [-0.15, -0.1) is 0 Å². The molecular formula is C9H24N3OPS. The first-order valence-electron chi connectivity index (χ1n) is 5.56. The van der Waals surface area contributed by atoms with E-state index in [0.29, 0.717) is 6.54 Å². The average Bonchev–Trinajstić information content (AvgIpc) is 2.14. The summed E-state index contributed by atoms with van der Waals surface area (Å²) in [5.74, 6) is 2.31. The van der Waals surface area contributed by atoms with Gasteiger partial charge in [0.25, 0.3) is 7.59 Å². The Labute approximate surface area is 97.5 Å². The lowest BCUT2D eigenvalue weighted by Crippen LogP contribution is -2.23. The molecule has 6 heteroatoms. The summed E-state index contributed by atoms with van der Waals surface area (Å²) in [6.07, 6.45) is 6.24. The van der Waals surface area contributed by atoms with Crippen LogP contribution in [0.5, 0.6) is 0 Å². The fourth-order valence-corrected chi connectivity index (χ4v) is 2.63. The van der Waals surface area contributed by atoms with Gasteiger partial charge < -0.3 is 0 Å². The predicted octanol–water partition coefficient (Wildman–Crippen LogP) is 2.31. The van der Waals surface area contributed by atoms with Gasteiger partial charge in [-0.25, -0.2) is 5.09 Å². The van der Waals surface area contributed by atoms with Crippen LogP contribution >= 0.6 is 19.4 Å². The molecule has 0 amide bonds. The zero-order valence-electron chi connectivity index (χ0n) is 9.58. The number of hydrogen-bond donors (Lipinski definition) is 3. The molecule has 92 valence electrons. The summed E-state index contributed by atoms with van der Waals surface area (Å²) in [6.45, 7) is 2.86. The van der Waals surface area contributed by atoms with Gasteiger partial charge in [0.15, 0.2) is 0 Å². The monoisotopic (exact) mass is 253 g/mol. The van der Waals surface area contributed by atoms with Gasteiger partial charge in [0.1, 0.15) is 0 Å². The number of rotatable bonds is 10. The van der Waals surface area contributed by atoms with E-state index in [9.17, 15) is 4.57 Å². The molecule has 0 aromatic heterocycles. The third kappa shape index (κ3) is 14.5. The van der Waals surface area contributed by atoms with Crippen molar-refractivity contribution >= 4 is 19.4 Å². The van der Waals surface area contributed by atoms with Crippen LogP contribution in [0.15, 0.2) is 0 Å². The molecule has 4 nitrogen and oxygen atoms in total. The van der Waals surface area contributed by atoms with Crippen molar-refractivity contribution in [3.63, 3.8) is 0 Å². The molecule has 0 radical (unpaired) electrons. The van der Waals surface area contributed by atoms with Crippen molar-refractivity contribution in [3.05, 3.63) is 0 Å². The molecule has 0 bridgehead atoms. The molecule has 0 aliphatic heterocycles. The topological polar surface area (TPSA) is 81.1 Å². The fourth-order valence-electron chi connectivity index (χ4n) is 1.16. The van der Waals surface area contributed by atoms with Crippen LogP contribution < -0.4 is 16.1 Å². The lowest BCUT2D eigenvalue weighted by Gasteiger charge is -2.07. The normalized spacial score (nSPS) is 11.9. The van der Waals surface area contributed by atoms with Crippen LogP contribution in [0.3, 0.4) is 0 Å².